The van der Waals surface area contributed by atoms with Crippen LogP contribution < -0.4 is 10.2 Å². The highest BCUT2D eigenvalue weighted by Gasteiger charge is 2.35. The number of carbonyl (C=O) groups excluding carboxylic acids is 2. The lowest BCUT2D eigenvalue weighted by Gasteiger charge is -2.20. The molecule has 0 bridgehead atoms. The lowest BCUT2D eigenvalue weighted by atomic mass is 10.1. The Balaban J connectivity index is 1.65. The van der Waals surface area contributed by atoms with Gasteiger partial charge >= 0.3 is 0 Å². The van der Waals surface area contributed by atoms with Gasteiger partial charge in [-0.2, -0.15) is 4.31 Å². The van der Waals surface area contributed by atoms with Crippen LogP contribution in [0.2, 0.25) is 0 Å². The van der Waals surface area contributed by atoms with E-state index in [-0.39, 0.29) is 29.7 Å². The molecule has 0 unspecified atom stereocenters. The number of hydrogen-bond donors (Lipinski definition) is 1. The summed E-state index contributed by atoms with van der Waals surface area (Å²) in [5.74, 6) is -0.792. The van der Waals surface area contributed by atoms with Crippen LogP contribution in [0, 0.1) is 5.92 Å². The maximum absolute atomic E-state index is 12.6. The first-order valence-corrected chi connectivity index (χ1v) is 11.4. The normalized spacial score (nSPS) is 16.8. The molecule has 0 aliphatic carbocycles. The van der Waals surface area contributed by atoms with E-state index in [0.717, 1.165) is 5.56 Å². The fraction of sp³-hybridized carbons (Fsp3) is 0.381. The second-order valence-electron chi connectivity index (χ2n) is 7.07. The number of benzene rings is 1. The van der Waals surface area contributed by atoms with Crippen LogP contribution in [0.15, 0.2) is 53.7 Å². The van der Waals surface area contributed by atoms with Gasteiger partial charge in [0, 0.05) is 50.7 Å². The number of sulfonamides is 1. The number of rotatable bonds is 8. The van der Waals surface area contributed by atoms with E-state index >= 15 is 0 Å². The van der Waals surface area contributed by atoms with E-state index in [0.29, 0.717) is 25.3 Å². The van der Waals surface area contributed by atoms with E-state index in [1.807, 2.05) is 6.07 Å². The van der Waals surface area contributed by atoms with Gasteiger partial charge in [0.25, 0.3) is 0 Å². The number of nitrogens with zero attached hydrogens (tertiary/aromatic N) is 3. The summed E-state index contributed by atoms with van der Waals surface area (Å²) in [5, 5.41) is 2.85. The Kier molecular flexibility index (Phi) is 6.84. The SMILES string of the molecule is CCN(CC)S(=O)(=O)c1ccc(N2C[C@H](C(=O)NCc3cccnc3)CC2=O)cc1. The van der Waals surface area contributed by atoms with Gasteiger partial charge < -0.3 is 10.2 Å². The highest BCUT2D eigenvalue weighted by atomic mass is 32.2. The summed E-state index contributed by atoms with van der Waals surface area (Å²) in [5.41, 5.74) is 1.47. The standard InChI is InChI=1S/C21H26N4O4S/c1-3-24(4-2)30(28,29)19-9-7-18(8-10-19)25-15-17(12-20(25)26)21(27)23-14-16-6-5-11-22-13-16/h5-11,13,17H,3-4,12,14-15H2,1-2H3,(H,23,27)/t17-/m1/s1. The Hall–Kier alpha value is -2.78. The minimum Gasteiger partial charge on any atom is -0.352 e. The molecule has 2 amide bonds. The number of anilines is 1. The summed E-state index contributed by atoms with van der Waals surface area (Å²) in [6, 6.07) is 9.91. The molecular weight excluding hydrogens is 404 g/mol. The van der Waals surface area contributed by atoms with Gasteiger partial charge in [0.15, 0.2) is 0 Å². The second kappa shape index (κ2) is 9.36. The van der Waals surface area contributed by atoms with Crippen molar-refractivity contribution in [1.82, 2.24) is 14.6 Å². The summed E-state index contributed by atoms with van der Waals surface area (Å²) in [6.07, 6.45) is 3.47. The minimum absolute atomic E-state index is 0.123. The molecule has 160 valence electrons. The molecule has 1 aromatic heterocycles. The minimum atomic E-state index is -3.55. The molecule has 3 rings (SSSR count). The first kappa shape index (κ1) is 21.9. The third kappa shape index (κ3) is 4.68. The fourth-order valence-corrected chi connectivity index (χ4v) is 4.94. The molecule has 1 atom stereocenters. The van der Waals surface area contributed by atoms with Crippen LogP contribution in [0.3, 0.4) is 0 Å². The van der Waals surface area contributed by atoms with E-state index in [9.17, 15) is 18.0 Å². The Morgan fingerprint density at radius 2 is 1.90 bits per heavy atom. The number of amides is 2. The van der Waals surface area contributed by atoms with Crippen LogP contribution in [-0.4, -0.2) is 49.2 Å². The van der Waals surface area contributed by atoms with Gasteiger partial charge in [0.1, 0.15) is 0 Å². The molecule has 30 heavy (non-hydrogen) atoms. The molecular formula is C21H26N4O4S. The van der Waals surface area contributed by atoms with E-state index in [1.54, 1.807) is 44.4 Å². The van der Waals surface area contributed by atoms with Crippen molar-refractivity contribution < 1.29 is 18.0 Å². The summed E-state index contributed by atoms with van der Waals surface area (Å²) in [6.45, 7) is 4.98. The number of hydrogen-bond acceptors (Lipinski definition) is 5. The monoisotopic (exact) mass is 430 g/mol. The van der Waals surface area contributed by atoms with Crippen molar-refractivity contribution in [3.63, 3.8) is 0 Å². The van der Waals surface area contributed by atoms with E-state index in [4.69, 9.17) is 0 Å². The highest BCUT2D eigenvalue weighted by molar-refractivity contribution is 7.89. The molecule has 2 aromatic rings. The molecule has 1 saturated heterocycles. The predicted octanol–water partition coefficient (Wildman–Crippen LogP) is 1.78. The molecule has 9 heteroatoms. The third-order valence-corrected chi connectivity index (χ3v) is 7.24. The average Bonchev–Trinajstić information content (AvgIpc) is 3.15. The Labute approximate surface area is 177 Å². The van der Waals surface area contributed by atoms with E-state index in [1.165, 1.54) is 21.3 Å². The number of carbonyl (C=O) groups is 2. The van der Waals surface area contributed by atoms with Crippen LogP contribution in [0.25, 0.3) is 0 Å². The largest absolute Gasteiger partial charge is 0.352 e. The predicted molar refractivity (Wildman–Crippen MR) is 113 cm³/mol. The Morgan fingerprint density at radius 1 is 1.20 bits per heavy atom. The summed E-state index contributed by atoms with van der Waals surface area (Å²) >= 11 is 0. The van der Waals surface area contributed by atoms with Crippen molar-refractivity contribution in [3.8, 4) is 0 Å². The zero-order valence-electron chi connectivity index (χ0n) is 17.1. The van der Waals surface area contributed by atoms with Gasteiger partial charge in [-0.3, -0.25) is 14.6 Å². The van der Waals surface area contributed by atoms with Gasteiger partial charge in [0.2, 0.25) is 21.8 Å². The molecule has 0 spiro atoms. The van der Waals surface area contributed by atoms with Crippen LogP contribution in [0.4, 0.5) is 5.69 Å². The smallest absolute Gasteiger partial charge is 0.243 e. The van der Waals surface area contributed by atoms with Crippen molar-refractivity contribution in [1.29, 1.82) is 0 Å². The Morgan fingerprint density at radius 3 is 2.50 bits per heavy atom. The van der Waals surface area contributed by atoms with E-state index < -0.39 is 15.9 Å². The van der Waals surface area contributed by atoms with Crippen LogP contribution in [0.5, 0.6) is 0 Å². The zero-order valence-corrected chi connectivity index (χ0v) is 17.9. The van der Waals surface area contributed by atoms with Gasteiger partial charge in [-0.25, -0.2) is 8.42 Å². The van der Waals surface area contributed by atoms with Gasteiger partial charge in [-0.15, -0.1) is 0 Å². The molecule has 2 heterocycles. The van der Waals surface area contributed by atoms with Gasteiger partial charge in [-0.05, 0) is 35.9 Å². The van der Waals surface area contributed by atoms with Crippen molar-refractivity contribution in [2.45, 2.75) is 31.7 Å². The van der Waals surface area contributed by atoms with Gasteiger partial charge in [-0.1, -0.05) is 19.9 Å². The van der Waals surface area contributed by atoms with Crippen molar-refractivity contribution in [3.05, 3.63) is 54.4 Å². The lowest BCUT2D eigenvalue weighted by molar-refractivity contribution is -0.126. The topological polar surface area (TPSA) is 99.7 Å². The summed E-state index contributed by atoms with van der Waals surface area (Å²) in [7, 11) is -3.55. The molecule has 1 aromatic carbocycles. The maximum Gasteiger partial charge on any atom is 0.243 e. The highest BCUT2D eigenvalue weighted by Crippen LogP contribution is 2.27. The molecule has 0 radical (unpaired) electrons. The molecule has 1 aliphatic heterocycles. The average molecular weight is 431 g/mol. The van der Waals surface area contributed by atoms with Crippen LogP contribution in [-0.2, 0) is 26.2 Å². The van der Waals surface area contributed by atoms with Crippen molar-refractivity contribution in [2.75, 3.05) is 24.5 Å². The molecule has 1 aliphatic rings. The molecule has 8 nitrogen and oxygen atoms in total. The van der Waals surface area contributed by atoms with E-state index in [2.05, 4.69) is 10.3 Å². The quantitative estimate of drug-likeness (QED) is 0.688. The van der Waals surface area contributed by atoms with Crippen molar-refractivity contribution >= 4 is 27.5 Å². The summed E-state index contributed by atoms with van der Waals surface area (Å²) < 4.78 is 26.6. The molecule has 1 N–H and O–H groups in total. The number of nitrogens with one attached hydrogen (secondary N) is 1. The molecule has 1 fully saturated rings. The van der Waals surface area contributed by atoms with Gasteiger partial charge in [0.05, 0.1) is 10.8 Å². The first-order chi connectivity index (χ1) is 14.4. The third-order valence-electron chi connectivity index (χ3n) is 5.18. The second-order valence-corrected chi connectivity index (χ2v) is 9.01. The van der Waals surface area contributed by atoms with Crippen LogP contribution >= 0.6 is 0 Å². The van der Waals surface area contributed by atoms with Crippen LogP contribution in [0.1, 0.15) is 25.8 Å². The number of aromatic nitrogens is 1. The number of pyridine rings is 1. The lowest BCUT2D eigenvalue weighted by Crippen LogP contribution is -2.32. The molecule has 0 saturated carbocycles. The zero-order chi connectivity index (χ0) is 21.7. The fourth-order valence-electron chi connectivity index (χ4n) is 3.48. The first-order valence-electron chi connectivity index (χ1n) is 9.94. The van der Waals surface area contributed by atoms with Crippen molar-refractivity contribution in [2.24, 2.45) is 5.92 Å². The summed E-state index contributed by atoms with van der Waals surface area (Å²) in [4.78, 5) is 30.7. The Bertz CT molecular complexity index is 989. The maximum atomic E-state index is 12.6.